The van der Waals surface area contributed by atoms with Crippen LogP contribution in [-0.4, -0.2) is 15.7 Å². The quantitative estimate of drug-likeness (QED) is 0.449. The Kier molecular flexibility index (Phi) is 3.76. The van der Waals surface area contributed by atoms with Crippen LogP contribution in [0.25, 0.3) is 0 Å². The number of nitrogens with two attached hydrogens (primary N) is 2. The first-order chi connectivity index (χ1) is 6.61. The van der Waals surface area contributed by atoms with Crippen LogP contribution in [0.1, 0.15) is 13.3 Å². The van der Waals surface area contributed by atoms with E-state index >= 15 is 0 Å². The molecule has 0 atom stereocenters. The Bertz CT molecular complexity index is 317. The van der Waals surface area contributed by atoms with E-state index in [1.807, 2.05) is 0 Å². The monoisotopic (exact) mass is 210 g/mol. The molecule has 0 spiro atoms. The maximum atomic E-state index is 5.53. The summed E-state index contributed by atoms with van der Waals surface area (Å²) in [6.07, 6.45) is 0.963. The second-order valence-corrected chi connectivity index (χ2v) is 3.83. The normalized spacial score (nSPS) is 10.1. The van der Waals surface area contributed by atoms with Crippen molar-refractivity contribution >= 4 is 23.4 Å². The lowest BCUT2D eigenvalue weighted by Gasteiger charge is -2.03. The van der Waals surface area contributed by atoms with Gasteiger partial charge >= 0.3 is 0 Å². The van der Waals surface area contributed by atoms with Gasteiger partial charge in [-0.25, -0.2) is 9.97 Å². The van der Waals surface area contributed by atoms with E-state index < -0.39 is 0 Å². The molecule has 4 nitrogen and oxygen atoms in total. The number of aromatic nitrogens is 2. The van der Waals surface area contributed by atoms with Crippen LogP contribution >= 0.6 is 11.8 Å². The van der Waals surface area contributed by atoms with E-state index in [0.717, 1.165) is 17.7 Å². The van der Waals surface area contributed by atoms with Gasteiger partial charge in [0.25, 0.3) is 0 Å². The second kappa shape index (κ2) is 4.85. The van der Waals surface area contributed by atoms with E-state index in [4.69, 9.17) is 11.5 Å². The van der Waals surface area contributed by atoms with Gasteiger partial charge in [0, 0.05) is 11.8 Å². The average molecular weight is 210 g/mol. The Morgan fingerprint density at radius 1 is 1.43 bits per heavy atom. The molecule has 5 heteroatoms. The minimum Gasteiger partial charge on any atom is -0.383 e. The number of nitrogens with zero attached hydrogens (tertiary/aromatic N) is 2. The van der Waals surface area contributed by atoms with Crippen molar-refractivity contribution in [2.45, 2.75) is 18.5 Å². The highest BCUT2D eigenvalue weighted by Gasteiger charge is 2.01. The van der Waals surface area contributed by atoms with E-state index in [-0.39, 0.29) is 0 Å². The fraction of sp³-hybridized carbons (Fsp3) is 0.333. The summed E-state index contributed by atoms with van der Waals surface area (Å²) in [5.74, 6) is 1.61. The van der Waals surface area contributed by atoms with Crippen molar-refractivity contribution in [2.24, 2.45) is 0 Å². The van der Waals surface area contributed by atoms with Gasteiger partial charge in [-0.3, -0.25) is 0 Å². The number of hydrogen-bond donors (Lipinski definition) is 2. The Morgan fingerprint density at radius 3 is 2.50 bits per heavy atom. The van der Waals surface area contributed by atoms with Crippen LogP contribution in [-0.2, 0) is 0 Å². The third-order valence-corrected chi connectivity index (χ3v) is 2.64. The van der Waals surface area contributed by atoms with Crippen molar-refractivity contribution in [3.8, 4) is 0 Å². The molecule has 0 saturated carbocycles. The van der Waals surface area contributed by atoms with Gasteiger partial charge in [-0.15, -0.1) is 0 Å². The standard InChI is InChI=1S/C9H14N4S/c1-3-6(2)5-14-9-12-7(10)4-8(11)13-9/h4H,2-3,5H2,1H3,(H4,10,11,12,13). The number of thioether (sulfide) groups is 1. The Hall–Kier alpha value is -1.23. The molecule has 1 aromatic rings. The molecular weight excluding hydrogens is 196 g/mol. The van der Waals surface area contributed by atoms with Crippen molar-refractivity contribution in [3.05, 3.63) is 18.2 Å². The molecule has 76 valence electrons. The predicted octanol–water partition coefficient (Wildman–Crippen LogP) is 1.70. The largest absolute Gasteiger partial charge is 0.383 e. The van der Waals surface area contributed by atoms with Gasteiger partial charge in [0.15, 0.2) is 5.16 Å². The molecule has 0 bridgehead atoms. The molecule has 0 aliphatic heterocycles. The number of hydrogen-bond acceptors (Lipinski definition) is 5. The molecule has 0 radical (unpaired) electrons. The highest BCUT2D eigenvalue weighted by atomic mass is 32.2. The predicted molar refractivity (Wildman–Crippen MR) is 61.0 cm³/mol. The highest BCUT2D eigenvalue weighted by Crippen LogP contribution is 2.19. The first-order valence-corrected chi connectivity index (χ1v) is 5.30. The molecule has 0 unspecified atom stereocenters. The van der Waals surface area contributed by atoms with Gasteiger partial charge in [-0.05, 0) is 6.42 Å². The van der Waals surface area contributed by atoms with Gasteiger partial charge in [0.05, 0.1) is 0 Å². The van der Waals surface area contributed by atoms with Gasteiger partial charge in [0.2, 0.25) is 0 Å². The zero-order valence-electron chi connectivity index (χ0n) is 8.16. The topological polar surface area (TPSA) is 77.8 Å². The van der Waals surface area contributed by atoms with E-state index in [1.54, 1.807) is 6.07 Å². The van der Waals surface area contributed by atoms with E-state index in [9.17, 15) is 0 Å². The van der Waals surface area contributed by atoms with E-state index in [2.05, 4.69) is 23.5 Å². The van der Waals surface area contributed by atoms with Crippen molar-refractivity contribution in [3.63, 3.8) is 0 Å². The fourth-order valence-electron chi connectivity index (χ4n) is 0.795. The molecular formula is C9H14N4S. The Morgan fingerprint density at radius 2 is 2.00 bits per heavy atom. The zero-order valence-corrected chi connectivity index (χ0v) is 8.97. The minimum absolute atomic E-state index is 0.405. The summed E-state index contributed by atoms with van der Waals surface area (Å²) in [5.41, 5.74) is 12.2. The number of rotatable bonds is 4. The van der Waals surface area contributed by atoms with Crippen molar-refractivity contribution in [1.29, 1.82) is 0 Å². The Balaban J connectivity index is 2.63. The molecule has 0 aliphatic rings. The SMILES string of the molecule is C=C(CC)CSc1nc(N)cc(N)n1. The van der Waals surface area contributed by atoms with Crippen LogP contribution in [0, 0.1) is 0 Å². The van der Waals surface area contributed by atoms with Crippen LogP contribution in [0.5, 0.6) is 0 Å². The van der Waals surface area contributed by atoms with Crippen LogP contribution in [0.15, 0.2) is 23.4 Å². The van der Waals surface area contributed by atoms with Crippen LogP contribution < -0.4 is 11.5 Å². The first-order valence-electron chi connectivity index (χ1n) is 4.31. The summed E-state index contributed by atoms with van der Waals surface area (Å²) in [6.45, 7) is 5.96. The summed E-state index contributed by atoms with van der Waals surface area (Å²) in [6, 6.07) is 1.54. The Labute approximate surface area is 87.8 Å². The van der Waals surface area contributed by atoms with Gasteiger partial charge < -0.3 is 11.5 Å². The fourth-order valence-corrected chi connectivity index (χ4v) is 1.67. The van der Waals surface area contributed by atoms with Crippen molar-refractivity contribution < 1.29 is 0 Å². The molecule has 1 rings (SSSR count). The average Bonchev–Trinajstić information content (AvgIpc) is 2.12. The lowest BCUT2D eigenvalue weighted by molar-refractivity contribution is 0.983. The van der Waals surface area contributed by atoms with E-state index in [0.29, 0.717) is 16.8 Å². The van der Waals surface area contributed by atoms with Crippen LogP contribution in [0.2, 0.25) is 0 Å². The first kappa shape index (κ1) is 10.8. The van der Waals surface area contributed by atoms with E-state index in [1.165, 1.54) is 11.8 Å². The molecule has 0 fully saturated rings. The lowest BCUT2D eigenvalue weighted by Crippen LogP contribution is -1.99. The van der Waals surface area contributed by atoms with Gasteiger partial charge in [-0.1, -0.05) is 30.8 Å². The zero-order chi connectivity index (χ0) is 10.6. The van der Waals surface area contributed by atoms with Crippen LogP contribution in [0.4, 0.5) is 11.6 Å². The van der Waals surface area contributed by atoms with Gasteiger partial charge in [-0.2, -0.15) is 0 Å². The highest BCUT2D eigenvalue weighted by molar-refractivity contribution is 7.99. The molecule has 0 aromatic carbocycles. The summed E-state index contributed by atoms with van der Waals surface area (Å²) >= 11 is 1.50. The maximum Gasteiger partial charge on any atom is 0.191 e. The van der Waals surface area contributed by atoms with Crippen LogP contribution in [0.3, 0.4) is 0 Å². The van der Waals surface area contributed by atoms with Gasteiger partial charge in [0.1, 0.15) is 11.6 Å². The number of nitrogen functional groups attached to an aromatic ring is 2. The van der Waals surface area contributed by atoms with Crippen molar-refractivity contribution in [1.82, 2.24) is 9.97 Å². The molecule has 1 aromatic heterocycles. The maximum absolute atomic E-state index is 5.53. The summed E-state index contributed by atoms with van der Waals surface area (Å²) in [5, 5.41) is 0.608. The molecule has 4 N–H and O–H groups in total. The molecule has 1 heterocycles. The smallest absolute Gasteiger partial charge is 0.191 e. The molecule has 14 heavy (non-hydrogen) atoms. The molecule has 0 saturated heterocycles. The second-order valence-electron chi connectivity index (χ2n) is 2.89. The summed E-state index contributed by atoms with van der Waals surface area (Å²) in [4.78, 5) is 8.10. The molecule has 0 aliphatic carbocycles. The molecule has 0 amide bonds. The lowest BCUT2D eigenvalue weighted by atomic mass is 10.3. The summed E-state index contributed by atoms with van der Waals surface area (Å²) < 4.78 is 0. The number of anilines is 2. The summed E-state index contributed by atoms with van der Waals surface area (Å²) in [7, 11) is 0. The third-order valence-electron chi connectivity index (χ3n) is 1.65. The minimum atomic E-state index is 0.405. The van der Waals surface area contributed by atoms with Crippen molar-refractivity contribution in [2.75, 3.05) is 17.2 Å². The third kappa shape index (κ3) is 3.26.